The normalized spacial score (nSPS) is 15.9. The van der Waals surface area contributed by atoms with Crippen molar-refractivity contribution in [2.75, 3.05) is 31.1 Å². The summed E-state index contributed by atoms with van der Waals surface area (Å²) in [6, 6.07) is 12.9. The summed E-state index contributed by atoms with van der Waals surface area (Å²) in [4.78, 5) is 31.6. The highest BCUT2D eigenvalue weighted by Gasteiger charge is 2.26. The molecule has 136 valence electrons. The van der Waals surface area contributed by atoms with Gasteiger partial charge in [0.1, 0.15) is 5.75 Å². The first-order valence-corrected chi connectivity index (χ1v) is 8.61. The standard InChI is InChI=1S/C19H22N4O3/c24-15-21-18(14-19(25)26-17-4-2-1-3-5-17)23-12-10-22(11-13-23)16-6-8-20-9-7-16/h1-9,15,18H,10-14H2,(H,21,24). The Labute approximate surface area is 152 Å². The molecule has 0 aliphatic carbocycles. The van der Waals surface area contributed by atoms with E-state index in [-0.39, 0.29) is 18.6 Å². The van der Waals surface area contributed by atoms with E-state index in [4.69, 9.17) is 4.74 Å². The summed E-state index contributed by atoms with van der Waals surface area (Å²) in [6.07, 6.45) is 3.91. The number of nitrogens with zero attached hydrogens (tertiary/aromatic N) is 3. The second kappa shape index (κ2) is 8.96. The molecule has 1 atom stereocenters. The molecule has 2 aromatic rings. The lowest BCUT2D eigenvalue weighted by Crippen LogP contribution is -2.55. The maximum atomic E-state index is 12.2. The minimum Gasteiger partial charge on any atom is -0.426 e. The minimum atomic E-state index is -0.372. The number of para-hydroxylation sites is 1. The van der Waals surface area contributed by atoms with E-state index in [2.05, 4.69) is 20.1 Å². The highest BCUT2D eigenvalue weighted by Crippen LogP contribution is 2.17. The van der Waals surface area contributed by atoms with Crippen molar-refractivity contribution in [3.05, 3.63) is 54.9 Å². The Morgan fingerprint density at radius 3 is 2.46 bits per heavy atom. The van der Waals surface area contributed by atoms with Crippen molar-refractivity contribution < 1.29 is 14.3 Å². The first-order valence-electron chi connectivity index (χ1n) is 8.61. The highest BCUT2D eigenvalue weighted by atomic mass is 16.5. The van der Waals surface area contributed by atoms with Gasteiger partial charge >= 0.3 is 5.97 Å². The lowest BCUT2D eigenvalue weighted by molar-refractivity contribution is -0.136. The van der Waals surface area contributed by atoms with Crippen LogP contribution in [-0.2, 0) is 9.59 Å². The van der Waals surface area contributed by atoms with Crippen molar-refractivity contribution in [1.29, 1.82) is 0 Å². The van der Waals surface area contributed by atoms with Gasteiger partial charge in [-0.25, -0.2) is 0 Å². The first-order chi connectivity index (χ1) is 12.8. The first kappa shape index (κ1) is 17.9. The van der Waals surface area contributed by atoms with Gasteiger partial charge in [0.05, 0.1) is 12.6 Å². The molecule has 1 aromatic carbocycles. The van der Waals surface area contributed by atoms with Crippen molar-refractivity contribution in [3.8, 4) is 5.75 Å². The Morgan fingerprint density at radius 1 is 1.12 bits per heavy atom. The molecule has 1 saturated heterocycles. The zero-order valence-electron chi connectivity index (χ0n) is 14.5. The van der Waals surface area contributed by atoms with Gasteiger partial charge in [0.25, 0.3) is 0 Å². The summed E-state index contributed by atoms with van der Waals surface area (Å²) >= 11 is 0. The van der Waals surface area contributed by atoms with E-state index in [9.17, 15) is 9.59 Å². The summed E-state index contributed by atoms with van der Waals surface area (Å²) in [7, 11) is 0. The number of carbonyl (C=O) groups is 2. The van der Waals surface area contributed by atoms with Gasteiger partial charge in [-0.05, 0) is 24.3 Å². The number of esters is 1. The summed E-state index contributed by atoms with van der Waals surface area (Å²) in [6.45, 7) is 3.11. The third-order valence-electron chi connectivity index (χ3n) is 4.38. The van der Waals surface area contributed by atoms with Gasteiger partial charge in [-0.2, -0.15) is 0 Å². The van der Waals surface area contributed by atoms with Crippen molar-refractivity contribution >= 4 is 18.1 Å². The highest BCUT2D eigenvalue weighted by molar-refractivity contribution is 5.73. The molecule has 1 fully saturated rings. The smallest absolute Gasteiger partial charge is 0.314 e. The zero-order valence-corrected chi connectivity index (χ0v) is 14.5. The number of rotatable bonds is 7. The molecule has 26 heavy (non-hydrogen) atoms. The Balaban J connectivity index is 1.55. The number of benzene rings is 1. The number of carbonyl (C=O) groups excluding carboxylic acids is 2. The molecule has 0 spiro atoms. The number of piperazine rings is 1. The van der Waals surface area contributed by atoms with Crippen molar-refractivity contribution in [2.24, 2.45) is 0 Å². The molecule has 0 radical (unpaired) electrons. The summed E-state index contributed by atoms with van der Waals surface area (Å²) in [5.74, 6) is 0.136. The number of aromatic nitrogens is 1. The molecule has 7 nitrogen and oxygen atoms in total. The number of anilines is 1. The molecular formula is C19H22N4O3. The van der Waals surface area contributed by atoms with Crippen LogP contribution in [0.5, 0.6) is 5.75 Å². The van der Waals surface area contributed by atoms with Crippen LogP contribution in [0.25, 0.3) is 0 Å². The van der Waals surface area contributed by atoms with Gasteiger partial charge < -0.3 is 15.0 Å². The second-order valence-electron chi connectivity index (χ2n) is 6.02. The van der Waals surface area contributed by atoms with Crippen LogP contribution in [-0.4, -0.2) is 54.6 Å². The fraction of sp³-hybridized carbons (Fsp3) is 0.316. The van der Waals surface area contributed by atoms with Gasteiger partial charge in [0.15, 0.2) is 0 Å². The molecule has 0 saturated carbocycles. The molecule has 1 amide bonds. The largest absolute Gasteiger partial charge is 0.426 e. The molecule has 3 rings (SSSR count). The third kappa shape index (κ3) is 4.80. The quantitative estimate of drug-likeness (QED) is 0.459. The van der Waals surface area contributed by atoms with Crippen LogP contribution in [0.1, 0.15) is 6.42 Å². The van der Waals surface area contributed by atoms with E-state index < -0.39 is 0 Å². The second-order valence-corrected chi connectivity index (χ2v) is 6.02. The summed E-state index contributed by atoms with van der Waals surface area (Å²) < 4.78 is 5.33. The summed E-state index contributed by atoms with van der Waals surface area (Å²) in [5.41, 5.74) is 1.13. The minimum absolute atomic E-state index is 0.100. The molecule has 7 heteroatoms. The number of ether oxygens (including phenoxy) is 1. The predicted octanol–water partition coefficient (Wildman–Crippen LogP) is 1.27. The summed E-state index contributed by atoms with van der Waals surface area (Å²) in [5, 5.41) is 2.74. The maximum absolute atomic E-state index is 12.2. The van der Waals surface area contributed by atoms with Crippen molar-refractivity contribution in [3.63, 3.8) is 0 Å². The molecular weight excluding hydrogens is 332 g/mol. The van der Waals surface area contributed by atoms with E-state index >= 15 is 0 Å². The lowest BCUT2D eigenvalue weighted by Gasteiger charge is -2.39. The number of hydrogen-bond acceptors (Lipinski definition) is 6. The van der Waals surface area contributed by atoms with Crippen LogP contribution in [0.4, 0.5) is 5.69 Å². The van der Waals surface area contributed by atoms with Crippen LogP contribution in [0.3, 0.4) is 0 Å². The zero-order chi connectivity index (χ0) is 18.2. The van der Waals surface area contributed by atoms with E-state index in [1.165, 1.54) is 0 Å². The number of amides is 1. The van der Waals surface area contributed by atoms with Crippen LogP contribution in [0.15, 0.2) is 54.9 Å². The van der Waals surface area contributed by atoms with Crippen molar-refractivity contribution in [1.82, 2.24) is 15.2 Å². The van der Waals surface area contributed by atoms with Gasteiger partial charge in [0.2, 0.25) is 6.41 Å². The van der Waals surface area contributed by atoms with E-state index in [1.54, 1.807) is 24.5 Å². The third-order valence-corrected chi connectivity index (χ3v) is 4.38. The topological polar surface area (TPSA) is 74.8 Å². The monoisotopic (exact) mass is 354 g/mol. The SMILES string of the molecule is O=CNC(CC(=O)Oc1ccccc1)N1CCN(c2ccncc2)CC1. The number of nitrogens with one attached hydrogen (secondary N) is 1. The van der Waals surface area contributed by atoms with E-state index in [1.807, 2.05) is 30.3 Å². The lowest BCUT2D eigenvalue weighted by atomic mass is 10.2. The van der Waals surface area contributed by atoms with Gasteiger partial charge in [-0.15, -0.1) is 0 Å². The van der Waals surface area contributed by atoms with Crippen molar-refractivity contribution in [2.45, 2.75) is 12.6 Å². The average molecular weight is 354 g/mol. The fourth-order valence-corrected chi connectivity index (χ4v) is 3.04. The molecule has 2 heterocycles. The van der Waals surface area contributed by atoms with Gasteiger partial charge in [0, 0.05) is 44.3 Å². The Hall–Kier alpha value is -2.93. The molecule has 1 unspecified atom stereocenters. The molecule has 1 N–H and O–H groups in total. The van der Waals surface area contributed by atoms with Crippen LogP contribution >= 0.6 is 0 Å². The van der Waals surface area contributed by atoms with Crippen LogP contribution < -0.4 is 15.0 Å². The fourth-order valence-electron chi connectivity index (χ4n) is 3.04. The molecule has 0 bridgehead atoms. The predicted molar refractivity (Wildman–Crippen MR) is 97.7 cm³/mol. The van der Waals surface area contributed by atoms with Crippen LogP contribution in [0.2, 0.25) is 0 Å². The van der Waals surface area contributed by atoms with Gasteiger partial charge in [-0.1, -0.05) is 18.2 Å². The Kier molecular flexibility index (Phi) is 6.16. The average Bonchev–Trinajstić information content (AvgIpc) is 2.69. The van der Waals surface area contributed by atoms with Gasteiger partial charge in [-0.3, -0.25) is 19.5 Å². The Morgan fingerprint density at radius 2 is 1.81 bits per heavy atom. The Bertz CT molecular complexity index is 703. The van der Waals surface area contributed by atoms with Crippen LogP contribution in [0, 0.1) is 0 Å². The van der Waals surface area contributed by atoms with E-state index in [0.717, 1.165) is 31.9 Å². The van der Waals surface area contributed by atoms with E-state index in [0.29, 0.717) is 12.2 Å². The maximum Gasteiger partial charge on any atom is 0.314 e. The number of pyridine rings is 1. The molecule has 1 aromatic heterocycles. The molecule has 1 aliphatic rings. The number of hydrogen-bond donors (Lipinski definition) is 1. The molecule has 1 aliphatic heterocycles.